The summed E-state index contributed by atoms with van der Waals surface area (Å²) in [5.41, 5.74) is 1.06. The van der Waals surface area contributed by atoms with Crippen LogP contribution in [-0.4, -0.2) is 13.1 Å². The summed E-state index contributed by atoms with van der Waals surface area (Å²) < 4.78 is 12.9. The van der Waals surface area contributed by atoms with E-state index >= 15 is 0 Å². The van der Waals surface area contributed by atoms with Crippen LogP contribution in [0.1, 0.15) is 31.2 Å². The van der Waals surface area contributed by atoms with Crippen molar-refractivity contribution < 1.29 is 4.39 Å². The Morgan fingerprint density at radius 2 is 2.06 bits per heavy atom. The van der Waals surface area contributed by atoms with Gasteiger partial charge in [-0.3, -0.25) is 0 Å². The highest BCUT2D eigenvalue weighted by Crippen LogP contribution is 2.03. The van der Waals surface area contributed by atoms with E-state index < -0.39 is 0 Å². The molecule has 1 N–H and O–H groups in total. The molecule has 0 aliphatic rings. The first kappa shape index (κ1) is 13.9. The Morgan fingerprint density at radius 3 is 2.82 bits per heavy atom. The van der Waals surface area contributed by atoms with E-state index in [4.69, 9.17) is 0 Å². The highest BCUT2D eigenvalue weighted by atomic mass is 19.1. The van der Waals surface area contributed by atoms with E-state index in [0.29, 0.717) is 0 Å². The van der Waals surface area contributed by atoms with E-state index in [-0.39, 0.29) is 5.82 Å². The summed E-state index contributed by atoms with van der Waals surface area (Å²) in [6, 6.07) is 6.82. The Labute approximate surface area is 104 Å². The molecule has 1 rings (SSSR count). The van der Waals surface area contributed by atoms with Crippen LogP contribution in [-0.2, 0) is 6.42 Å². The van der Waals surface area contributed by atoms with Crippen LogP contribution in [0, 0.1) is 5.82 Å². The van der Waals surface area contributed by atoms with Crippen molar-refractivity contribution in [1.82, 2.24) is 5.32 Å². The smallest absolute Gasteiger partial charge is 0.123 e. The third-order valence-electron chi connectivity index (χ3n) is 2.74. The lowest BCUT2D eigenvalue weighted by Gasteiger charge is -2.04. The van der Waals surface area contributed by atoms with Crippen molar-refractivity contribution in [2.45, 2.75) is 32.1 Å². The van der Waals surface area contributed by atoms with Gasteiger partial charge in [-0.1, -0.05) is 24.6 Å². The molecule has 0 amide bonds. The highest BCUT2D eigenvalue weighted by molar-refractivity contribution is 5.16. The van der Waals surface area contributed by atoms with Crippen molar-refractivity contribution in [3.05, 3.63) is 48.3 Å². The zero-order valence-corrected chi connectivity index (χ0v) is 10.4. The Hall–Kier alpha value is -1.15. The maximum absolute atomic E-state index is 12.9. The maximum atomic E-state index is 12.9. The van der Waals surface area contributed by atoms with Crippen molar-refractivity contribution in [3.8, 4) is 0 Å². The quantitative estimate of drug-likeness (QED) is 0.508. The predicted molar refractivity (Wildman–Crippen MR) is 71.6 cm³/mol. The highest BCUT2D eigenvalue weighted by Gasteiger charge is 1.95. The molecule has 0 atom stereocenters. The van der Waals surface area contributed by atoms with Crippen LogP contribution >= 0.6 is 0 Å². The SMILES string of the molecule is C=CCCCCCNCCc1cccc(F)c1. The molecule has 0 saturated carbocycles. The minimum Gasteiger partial charge on any atom is -0.316 e. The molecule has 0 bridgehead atoms. The summed E-state index contributed by atoms with van der Waals surface area (Å²) in [7, 11) is 0. The second kappa shape index (κ2) is 8.94. The topological polar surface area (TPSA) is 12.0 Å². The molecule has 0 radical (unpaired) electrons. The van der Waals surface area contributed by atoms with Gasteiger partial charge >= 0.3 is 0 Å². The first-order valence-electron chi connectivity index (χ1n) is 6.39. The minimum atomic E-state index is -0.146. The summed E-state index contributed by atoms with van der Waals surface area (Å²) in [5, 5.41) is 3.38. The lowest BCUT2D eigenvalue weighted by atomic mass is 10.1. The Bertz CT molecular complexity index is 322. The summed E-state index contributed by atoms with van der Waals surface area (Å²) in [6.45, 7) is 5.67. The third kappa shape index (κ3) is 6.90. The van der Waals surface area contributed by atoms with Gasteiger partial charge in [0.1, 0.15) is 5.82 Å². The molecule has 0 saturated heterocycles. The van der Waals surface area contributed by atoms with Gasteiger partial charge in [0.05, 0.1) is 0 Å². The molecule has 2 heteroatoms. The number of unbranched alkanes of at least 4 members (excludes halogenated alkanes) is 3. The molecule has 1 aromatic rings. The number of halogens is 1. The first-order valence-corrected chi connectivity index (χ1v) is 6.39. The monoisotopic (exact) mass is 235 g/mol. The molecule has 94 valence electrons. The lowest BCUT2D eigenvalue weighted by Crippen LogP contribution is -2.18. The zero-order chi connectivity index (χ0) is 12.3. The molecule has 0 unspecified atom stereocenters. The fraction of sp³-hybridized carbons (Fsp3) is 0.467. The normalized spacial score (nSPS) is 10.4. The molecule has 0 heterocycles. The van der Waals surface area contributed by atoms with Crippen LogP contribution in [0.15, 0.2) is 36.9 Å². The third-order valence-corrected chi connectivity index (χ3v) is 2.74. The first-order chi connectivity index (χ1) is 8.33. The molecule has 1 nitrogen and oxygen atoms in total. The molecule has 17 heavy (non-hydrogen) atoms. The number of benzene rings is 1. The van der Waals surface area contributed by atoms with Crippen LogP contribution < -0.4 is 5.32 Å². The Balaban J connectivity index is 1.99. The van der Waals surface area contributed by atoms with E-state index in [1.807, 2.05) is 12.1 Å². The molecule has 0 aliphatic carbocycles. The zero-order valence-electron chi connectivity index (χ0n) is 10.4. The van der Waals surface area contributed by atoms with Crippen LogP contribution in [0.3, 0.4) is 0 Å². The van der Waals surface area contributed by atoms with Gasteiger partial charge in [0, 0.05) is 0 Å². The Morgan fingerprint density at radius 1 is 1.18 bits per heavy atom. The number of nitrogens with one attached hydrogen (secondary N) is 1. The standard InChI is InChI=1S/C15H22FN/c1-2-3-4-5-6-11-17-12-10-14-8-7-9-15(16)13-14/h2,7-9,13,17H,1,3-6,10-12H2. The van der Waals surface area contributed by atoms with Crippen molar-refractivity contribution in [2.75, 3.05) is 13.1 Å². The number of hydrogen-bond donors (Lipinski definition) is 1. The summed E-state index contributed by atoms with van der Waals surface area (Å²) in [6.07, 6.45) is 7.66. The summed E-state index contributed by atoms with van der Waals surface area (Å²) in [5.74, 6) is -0.146. The average Bonchev–Trinajstić information content (AvgIpc) is 2.33. The van der Waals surface area contributed by atoms with Gasteiger partial charge in [0.25, 0.3) is 0 Å². The van der Waals surface area contributed by atoms with Crippen LogP contribution in [0.2, 0.25) is 0 Å². The minimum absolute atomic E-state index is 0.146. The fourth-order valence-corrected chi connectivity index (χ4v) is 1.77. The van der Waals surface area contributed by atoms with Crippen molar-refractivity contribution in [2.24, 2.45) is 0 Å². The van der Waals surface area contributed by atoms with Gasteiger partial charge in [-0.15, -0.1) is 6.58 Å². The lowest BCUT2D eigenvalue weighted by molar-refractivity contribution is 0.602. The van der Waals surface area contributed by atoms with Gasteiger partial charge < -0.3 is 5.32 Å². The number of rotatable bonds is 9. The van der Waals surface area contributed by atoms with Gasteiger partial charge in [-0.25, -0.2) is 4.39 Å². The Kier molecular flexibility index (Phi) is 7.32. The van der Waals surface area contributed by atoms with Crippen molar-refractivity contribution in [1.29, 1.82) is 0 Å². The van der Waals surface area contributed by atoms with Gasteiger partial charge in [0.15, 0.2) is 0 Å². The molecule has 0 spiro atoms. The second-order valence-corrected chi connectivity index (χ2v) is 4.27. The largest absolute Gasteiger partial charge is 0.316 e. The van der Waals surface area contributed by atoms with Gasteiger partial charge in [-0.2, -0.15) is 0 Å². The van der Waals surface area contributed by atoms with E-state index in [2.05, 4.69) is 11.9 Å². The predicted octanol–water partition coefficient (Wildman–Crippen LogP) is 3.70. The molecule has 1 aromatic carbocycles. The molecule has 0 aromatic heterocycles. The van der Waals surface area contributed by atoms with Crippen LogP contribution in [0.4, 0.5) is 4.39 Å². The fourth-order valence-electron chi connectivity index (χ4n) is 1.77. The molecular formula is C15H22FN. The van der Waals surface area contributed by atoms with E-state index in [0.717, 1.165) is 31.5 Å². The number of allylic oxidation sites excluding steroid dienone is 1. The molecule has 0 aliphatic heterocycles. The van der Waals surface area contributed by atoms with Gasteiger partial charge in [-0.05, 0) is 56.5 Å². The summed E-state index contributed by atoms with van der Waals surface area (Å²) in [4.78, 5) is 0. The maximum Gasteiger partial charge on any atom is 0.123 e. The van der Waals surface area contributed by atoms with Crippen LogP contribution in [0.25, 0.3) is 0 Å². The second-order valence-electron chi connectivity index (χ2n) is 4.27. The summed E-state index contributed by atoms with van der Waals surface area (Å²) >= 11 is 0. The van der Waals surface area contributed by atoms with E-state index in [1.54, 1.807) is 12.1 Å². The average molecular weight is 235 g/mol. The molecule has 0 fully saturated rings. The van der Waals surface area contributed by atoms with Gasteiger partial charge in [0.2, 0.25) is 0 Å². The van der Waals surface area contributed by atoms with E-state index in [1.165, 1.54) is 25.3 Å². The van der Waals surface area contributed by atoms with Crippen LogP contribution in [0.5, 0.6) is 0 Å². The molecular weight excluding hydrogens is 213 g/mol. The van der Waals surface area contributed by atoms with E-state index in [9.17, 15) is 4.39 Å². The van der Waals surface area contributed by atoms with Crippen molar-refractivity contribution >= 4 is 0 Å². The van der Waals surface area contributed by atoms with Crippen molar-refractivity contribution in [3.63, 3.8) is 0 Å². The number of hydrogen-bond acceptors (Lipinski definition) is 1.